The van der Waals surface area contributed by atoms with E-state index in [-0.39, 0.29) is 29.9 Å². The maximum Gasteiger partial charge on any atom is 0.247 e. The minimum Gasteiger partial charge on any atom is -0.351 e. The normalized spacial score (nSPS) is 22.2. The molecule has 1 heterocycles. The third-order valence-corrected chi connectivity index (χ3v) is 8.79. The molecule has 182 valence electrons. The van der Waals surface area contributed by atoms with Crippen molar-refractivity contribution in [2.45, 2.75) is 69.4 Å². The van der Waals surface area contributed by atoms with Crippen LogP contribution < -0.4 is 10.2 Å². The summed E-state index contributed by atoms with van der Waals surface area (Å²) in [5.74, 6) is -0.744. The van der Waals surface area contributed by atoms with E-state index in [0.29, 0.717) is 5.69 Å². The van der Waals surface area contributed by atoms with Gasteiger partial charge in [0.05, 0.1) is 11.4 Å². The second-order valence-corrected chi connectivity index (χ2v) is 11.5. The van der Waals surface area contributed by atoms with Crippen molar-refractivity contribution in [3.63, 3.8) is 0 Å². The summed E-state index contributed by atoms with van der Waals surface area (Å²) < 4.78 is 28.0. The van der Waals surface area contributed by atoms with Gasteiger partial charge in [0.2, 0.25) is 21.8 Å². The summed E-state index contributed by atoms with van der Waals surface area (Å²) >= 11 is 0. The van der Waals surface area contributed by atoms with Crippen molar-refractivity contribution in [1.29, 1.82) is 0 Å². The zero-order valence-corrected chi connectivity index (χ0v) is 20.9. The summed E-state index contributed by atoms with van der Waals surface area (Å²) in [6.07, 6.45) is 4.75. The summed E-state index contributed by atoms with van der Waals surface area (Å²) in [7, 11) is -3.95. The number of carbonyl (C=O) groups excluding carboxylic acids is 2. The lowest BCUT2D eigenvalue weighted by Gasteiger charge is -2.47. The lowest BCUT2D eigenvalue weighted by atomic mass is 9.93. The molecule has 2 aromatic carbocycles. The van der Waals surface area contributed by atoms with E-state index in [1.165, 1.54) is 4.90 Å². The predicted molar refractivity (Wildman–Crippen MR) is 132 cm³/mol. The van der Waals surface area contributed by atoms with Gasteiger partial charge in [-0.25, -0.2) is 8.42 Å². The molecule has 4 rings (SSSR count). The molecule has 0 spiro atoms. The predicted octanol–water partition coefficient (Wildman–Crippen LogP) is 3.41. The quantitative estimate of drug-likeness (QED) is 0.682. The van der Waals surface area contributed by atoms with E-state index in [1.54, 1.807) is 31.2 Å². The number of hydrogen-bond donors (Lipinski definition) is 1. The van der Waals surface area contributed by atoms with Gasteiger partial charge in [-0.2, -0.15) is 4.31 Å². The molecule has 2 amide bonds. The number of anilines is 1. The maximum atomic E-state index is 13.7. The van der Waals surface area contributed by atoms with Crippen LogP contribution in [0.5, 0.6) is 0 Å². The molecule has 1 atom stereocenters. The Balaban J connectivity index is 1.72. The number of hydrogen-bond acceptors (Lipinski definition) is 4. The van der Waals surface area contributed by atoms with Gasteiger partial charge in [0.1, 0.15) is 5.54 Å². The number of sulfonamides is 1. The van der Waals surface area contributed by atoms with Crippen LogP contribution in [0.4, 0.5) is 5.69 Å². The first kappa shape index (κ1) is 24.4. The van der Waals surface area contributed by atoms with E-state index >= 15 is 0 Å². The van der Waals surface area contributed by atoms with E-state index in [4.69, 9.17) is 0 Å². The van der Waals surface area contributed by atoms with Crippen molar-refractivity contribution >= 4 is 27.5 Å². The molecule has 1 saturated carbocycles. The first-order valence-electron chi connectivity index (χ1n) is 11.9. The highest BCUT2D eigenvalue weighted by Crippen LogP contribution is 2.33. The fourth-order valence-electron chi connectivity index (χ4n) is 4.89. The molecule has 2 aliphatic rings. The van der Waals surface area contributed by atoms with Gasteiger partial charge in [0.25, 0.3) is 0 Å². The summed E-state index contributed by atoms with van der Waals surface area (Å²) in [5, 5.41) is 3.10. The molecule has 1 aliphatic heterocycles. The fourth-order valence-corrected chi connectivity index (χ4v) is 6.37. The van der Waals surface area contributed by atoms with Gasteiger partial charge in [-0.05, 0) is 62.9 Å². The molecule has 2 aromatic rings. The minimum atomic E-state index is -3.95. The zero-order chi connectivity index (χ0) is 24.5. The van der Waals surface area contributed by atoms with Crippen molar-refractivity contribution in [2.24, 2.45) is 0 Å². The third-order valence-electron chi connectivity index (χ3n) is 6.98. The van der Waals surface area contributed by atoms with E-state index < -0.39 is 21.5 Å². The number of aryl methyl sites for hydroxylation is 2. The lowest BCUT2D eigenvalue weighted by molar-refractivity contribution is -0.133. The first-order valence-corrected chi connectivity index (χ1v) is 13.4. The topological polar surface area (TPSA) is 86.8 Å². The third kappa shape index (κ3) is 4.61. The van der Waals surface area contributed by atoms with Crippen molar-refractivity contribution in [2.75, 3.05) is 18.0 Å². The highest BCUT2D eigenvalue weighted by molar-refractivity contribution is 7.89. The van der Waals surface area contributed by atoms with Gasteiger partial charge in [-0.15, -0.1) is 0 Å². The molecule has 8 heteroatoms. The molecule has 1 saturated heterocycles. The Kier molecular flexibility index (Phi) is 6.82. The average molecular weight is 484 g/mol. The van der Waals surface area contributed by atoms with Crippen LogP contribution in [-0.4, -0.2) is 49.2 Å². The van der Waals surface area contributed by atoms with Gasteiger partial charge >= 0.3 is 0 Å². The number of rotatable bonds is 6. The van der Waals surface area contributed by atoms with Gasteiger partial charge in [-0.1, -0.05) is 49.6 Å². The van der Waals surface area contributed by atoms with Crippen LogP contribution in [0.3, 0.4) is 0 Å². The Labute approximate surface area is 202 Å². The highest BCUT2D eigenvalue weighted by atomic mass is 32.2. The van der Waals surface area contributed by atoms with Crippen LogP contribution in [0, 0.1) is 6.92 Å². The number of carbonyl (C=O) groups is 2. The van der Waals surface area contributed by atoms with Gasteiger partial charge in [-0.3, -0.25) is 14.5 Å². The maximum absolute atomic E-state index is 13.7. The molecule has 0 unspecified atom stereocenters. The molecular formula is C26H33N3O4S. The van der Waals surface area contributed by atoms with Crippen LogP contribution in [-0.2, 0) is 26.0 Å². The van der Waals surface area contributed by atoms with E-state index in [0.717, 1.165) is 47.5 Å². The molecule has 1 aliphatic carbocycles. The molecule has 34 heavy (non-hydrogen) atoms. The van der Waals surface area contributed by atoms with E-state index in [2.05, 4.69) is 5.32 Å². The SMILES string of the molecule is CCc1ccc(N2C(=O)CN(S(=O)(=O)c3ccc(C)cc3)C[C@@]2(C)C(=O)NC2CCCC2)cc1. The van der Waals surface area contributed by atoms with Crippen molar-refractivity contribution in [3.8, 4) is 0 Å². The molecule has 7 nitrogen and oxygen atoms in total. The Morgan fingerprint density at radius 1 is 1.06 bits per heavy atom. The monoisotopic (exact) mass is 483 g/mol. The van der Waals surface area contributed by atoms with Crippen LogP contribution in [0.2, 0.25) is 0 Å². The molecule has 1 N–H and O–H groups in total. The second-order valence-electron chi connectivity index (χ2n) is 9.56. The zero-order valence-electron chi connectivity index (χ0n) is 20.1. The number of benzene rings is 2. The Hall–Kier alpha value is -2.71. The Morgan fingerprint density at radius 3 is 2.26 bits per heavy atom. The van der Waals surface area contributed by atoms with Crippen LogP contribution >= 0.6 is 0 Å². The summed E-state index contributed by atoms with van der Waals surface area (Å²) in [6, 6.07) is 14.1. The summed E-state index contributed by atoms with van der Waals surface area (Å²) in [6.45, 7) is 5.15. The smallest absolute Gasteiger partial charge is 0.247 e. The number of amides is 2. The second kappa shape index (κ2) is 9.50. The minimum absolute atomic E-state index is 0.0489. The first-order chi connectivity index (χ1) is 16.1. The molecular weight excluding hydrogens is 450 g/mol. The number of piperazine rings is 1. The highest BCUT2D eigenvalue weighted by Gasteiger charge is 2.51. The summed E-state index contributed by atoms with van der Waals surface area (Å²) in [5.41, 5.74) is 1.27. The summed E-state index contributed by atoms with van der Waals surface area (Å²) in [4.78, 5) is 28.7. The van der Waals surface area contributed by atoms with E-state index in [9.17, 15) is 18.0 Å². The van der Waals surface area contributed by atoms with Gasteiger partial charge < -0.3 is 5.32 Å². The van der Waals surface area contributed by atoms with Crippen molar-refractivity contribution in [3.05, 3.63) is 59.7 Å². The molecule has 0 aromatic heterocycles. The van der Waals surface area contributed by atoms with E-state index in [1.807, 2.05) is 38.1 Å². The lowest BCUT2D eigenvalue weighted by Crippen LogP contribution is -2.70. The number of nitrogens with zero attached hydrogens (tertiary/aromatic N) is 2. The van der Waals surface area contributed by atoms with Crippen LogP contribution in [0.15, 0.2) is 53.4 Å². The van der Waals surface area contributed by atoms with Gasteiger partial charge in [0, 0.05) is 18.3 Å². The van der Waals surface area contributed by atoms with Crippen LogP contribution in [0.25, 0.3) is 0 Å². The molecule has 0 bridgehead atoms. The largest absolute Gasteiger partial charge is 0.351 e. The molecule has 2 fully saturated rings. The van der Waals surface area contributed by atoms with Gasteiger partial charge in [0.15, 0.2) is 0 Å². The Morgan fingerprint density at radius 2 is 1.68 bits per heavy atom. The average Bonchev–Trinajstić information content (AvgIpc) is 3.32. The molecule has 0 radical (unpaired) electrons. The van der Waals surface area contributed by atoms with Crippen LogP contribution in [0.1, 0.15) is 50.7 Å². The standard InChI is InChI=1S/C26H33N3O4S/c1-4-20-11-13-22(14-12-20)29-24(30)17-28(34(32,33)23-15-9-19(2)10-16-23)18-26(29,3)25(31)27-21-7-5-6-8-21/h9-16,21H,4-8,17-18H2,1-3H3,(H,27,31)/t26-/m0/s1. The van der Waals surface area contributed by atoms with Crippen molar-refractivity contribution in [1.82, 2.24) is 9.62 Å². The fraction of sp³-hybridized carbons (Fsp3) is 0.462. The number of nitrogens with one attached hydrogen (secondary N) is 1. The van der Waals surface area contributed by atoms with Crippen molar-refractivity contribution < 1.29 is 18.0 Å². The Bertz CT molecular complexity index is 1160.